The number of carbonyl (C=O) groups excluding carboxylic acids is 2. The fourth-order valence-electron chi connectivity index (χ4n) is 2.77. The highest BCUT2D eigenvalue weighted by Crippen LogP contribution is 2.19. The molecular formula is C14H16BrN5O2. The molecule has 1 atom stereocenters. The number of nitrogens with zero attached hydrogens (tertiary/aromatic N) is 3. The summed E-state index contributed by atoms with van der Waals surface area (Å²) in [5.74, 6) is 0.225. The van der Waals surface area contributed by atoms with Crippen LogP contribution >= 0.6 is 15.9 Å². The summed E-state index contributed by atoms with van der Waals surface area (Å²) in [6, 6.07) is 1.44. The second-order valence-corrected chi connectivity index (χ2v) is 6.27. The average Bonchev–Trinajstić information content (AvgIpc) is 3.10. The van der Waals surface area contributed by atoms with E-state index in [0.29, 0.717) is 37.3 Å². The molecule has 1 saturated heterocycles. The zero-order valence-electron chi connectivity index (χ0n) is 11.9. The maximum Gasteiger partial charge on any atom is 0.240 e. The fourth-order valence-corrected chi connectivity index (χ4v) is 3.10. The molecule has 116 valence electrons. The number of aromatic nitrogens is 3. The number of likely N-dealkylation sites (tertiary alicyclic amines) is 1. The van der Waals surface area contributed by atoms with E-state index in [9.17, 15) is 9.59 Å². The quantitative estimate of drug-likeness (QED) is 0.846. The van der Waals surface area contributed by atoms with Crippen LogP contribution in [0.5, 0.6) is 0 Å². The van der Waals surface area contributed by atoms with E-state index in [-0.39, 0.29) is 5.91 Å². The van der Waals surface area contributed by atoms with Crippen molar-refractivity contribution < 1.29 is 9.59 Å². The molecule has 3 N–H and O–H groups in total. The monoisotopic (exact) mass is 365 g/mol. The van der Waals surface area contributed by atoms with Crippen molar-refractivity contribution in [2.75, 3.05) is 6.54 Å². The molecule has 0 saturated carbocycles. The first-order valence-electron chi connectivity index (χ1n) is 7.13. The second-order valence-electron chi connectivity index (χ2n) is 5.36. The summed E-state index contributed by atoms with van der Waals surface area (Å²) in [4.78, 5) is 36.9. The zero-order valence-corrected chi connectivity index (χ0v) is 13.5. The van der Waals surface area contributed by atoms with E-state index in [1.807, 2.05) is 6.07 Å². The van der Waals surface area contributed by atoms with Crippen molar-refractivity contribution in [3.8, 4) is 0 Å². The van der Waals surface area contributed by atoms with Crippen LogP contribution in [0, 0.1) is 0 Å². The van der Waals surface area contributed by atoms with Gasteiger partial charge in [0.1, 0.15) is 11.9 Å². The van der Waals surface area contributed by atoms with Gasteiger partial charge in [-0.15, -0.1) is 0 Å². The first-order valence-corrected chi connectivity index (χ1v) is 7.93. The third-order valence-corrected chi connectivity index (χ3v) is 4.26. The fraction of sp³-hybridized carbons (Fsp3) is 0.429. The summed E-state index contributed by atoms with van der Waals surface area (Å²) < 4.78 is 0.868. The van der Waals surface area contributed by atoms with Gasteiger partial charge in [-0.25, -0.2) is 9.97 Å². The van der Waals surface area contributed by atoms with Gasteiger partial charge in [0, 0.05) is 30.1 Å². The van der Waals surface area contributed by atoms with Gasteiger partial charge in [0.15, 0.2) is 5.65 Å². The molecule has 8 heteroatoms. The third-order valence-electron chi connectivity index (χ3n) is 3.83. The third kappa shape index (κ3) is 2.96. The zero-order chi connectivity index (χ0) is 15.7. The molecular weight excluding hydrogens is 350 g/mol. The molecule has 3 rings (SSSR count). The Hall–Kier alpha value is -1.96. The van der Waals surface area contributed by atoms with Crippen molar-refractivity contribution in [2.24, 2.45) is 5.73 Å². The summed E-state index contributed by atoms with van der Waals surface area (Å²) in [6.07, 6.45) is 3.94. The Bertz CT molecular complexity index is 729. The standard InChI is InChI=1S/C14H16BrN5O2/c15-8-6-9-14(17-7-8)19-11(18-9)3-4-12(21)20-5-1-2-10(20)13(16)22/h6-7,10H,1-5H2,(H2,16,22)(H,17,18,19). The molecule has 2 amide bonds. The Morgan fingerprint density at radius 1 is 1.50 bits per heavy atom. The Morgan fingerprint density at radius 3 is 3.09 bits per heavy atom. The molecule has 0 bridgehead atoms. The van der Waals surface area contributed by atoms with E-state index in [2.05, 4.69) is 30.9 Å². The predicted molar refractivity (Wildman–Crippen MR) is 83.8 cm³/mol. The Labute approximate surface area is 135 Å². The van der Waals surface area contributed by atoms with Gasteiger partial charge in [0.2, 0.25) is 11.8 Å². The lowest BCUT2D eigenvalue weighted by Crippen LogP contribution is -2.43. The number of amides is 2. The summed E-state index contributed by atoms with van der Waals surface area (Å²) >= 11 is 3.35. The number of halogens is 1. The van der Waals surface area contributed by atoms with Crippen LogP contribution in [0.4, 0.5) is 0 Å². The largest absolute Gasteiger partial charge is 0.368 e. The first kappa shape index (κ1) is 15.0. The van der Waals surface area contributed by atoms with E-state index in [4.69, 9.17) is 5.73 Å². The number of aryl methyl sites for hydroxylation is 1. The highest BCUT2D eigenvalue weighted by Gasteiger charge is 2.32. The lowest BCUT2D eigenvalue weighted by Gasteiger charge is -2.21. The minimum absolute atomic E-state index is 0.0594. The molecule has 2 aromatic rings. The number of H-pyrrole nitrogens is 1. The molecule has 0 aromatic carbocycles. The lowest BCUT2D eigenvalue weighted by atomic mass is 10.2. The van der Waals surface area contributed by atoms with Crippen molar-refractivity contribution in [1.29, 1.82) is 0 Å². The van der Waals surface area contributed by atoms with Gasteiger partial charge in [-0.05, 0) is 34.8 Å². The predicted octanol–water partition coefficient (Wildman–Crippen LogP) is 1.13. The summed E-state index contributed by atoms with van der Waals surface area (Å²) in [6.45, 7) is 0.598. The van der Waals surface area contributed by atoms with E-state index < -0.39 is 11.9 Å². The van der Waals surface area contributed by atoms with Gasteiger partial charge in [-0.2, -0.15) is 0 Å². The normalized spacial score (nSPS) is 18.0. The first-order chi connectivity index (χ1) is 10.5. The smallest absolute Gasteiger partial charge is 0.240 e. The maximum atomic E-state index is 12.3. The summed E-state index contributed by atoms with van der Waals surface area (Å²) in [7, 11) is 0. The molecule has 1 aliphatic heterocycles. The van der Waals surface area contributed by atoms with Crippen LogP contribution in [0.25, 0.3) is 11.2 Å². The number of nitrogens with one attached hydrogen (secondary N) is 1. The number of pyridine rings is 1. The van der Waals surface area contributed by atoms with Crippen molar-refractivity contribution in [1.82, 2.24) is 19.9 Å². The molecule has 0 spiro atoms. The number of nitrogens with two attached hydrogens (primary N) is 1. The van der Waals surface area contributed by atoms with Crippen LogP contribution in [0.2, 0.25) is 0 Å². The number of imidazole rings is 1. The lowest BCUT2D eigenvalue weighted by molar-refractivity contribution is -0.137. The van der Waals surface area contributed by atoms with Crippen LogP contribution in [0.3, 0.4) is 0 Å². The summed E-state index contributed by atoms with van der Waals surface area (Å²) in [5, 5.41) is 0. The molecule has 0 radical (unpaired) electrons. The minimum Gasteiger partial charge on any atom is -0.368 e. The maximum absolute atomic E-state index is 12.3. The van der Waals surface area contributed by atoms with Crippen LogP contribution < -0.4 is 5.73 Å². The van der Waals surface area contributed by atoms with Crippen molar-refractivity contribution in [2.45, 2.75) is 31.7 Å². The minimum atomic E-state index is -0.458. The van der Waals surface area contributed by atoms with Crippen LogP contribution in [0.1, 0.15) is 25.1 Å². The molecule has 7 nitrogen and oxygen atoms in total. The van der Waals surface area contributed by atoms with Gasteiger partial charge in [-0.1, -0.05) is 0 Å². The van der Waals surface area contributed by atoms with Crippen molar-refractivity contribution >= 4 is 38.9 Å². The van der Waals surface area contributed by atoms with Gasteiger partial charge in [0.25, 0.3) is 0 Å². The van der Waals surface area contributed by atoms with Crippen LogP contribution in [-0.2, 0) is 16.0 Å². The van der Waals surface area contributed by atoms with E-state index in [1.165, 1.54) is 0 Å². The molecule has 1 aliphatic rings. The number of hydrogen-bond acceptors (Lipinski definition) is 4. The Morgan fingerprint density at radius 2 is 2.32 bits per heavy atom. The van der Waals surface area contributed by atoms with Gasteiger partial charge in [-0.3, -0.25) is 9.59 Å². The number of hydrogen-bond donors (Lipinski definition) is 2. The van der Waals surface area contributed by atoms with E-state index in [1.54, 1.807) is 11.1 Å². The van der Waals surface area contributed by atoms with E-state index >= 15 is 0 Å². The van der Waals surface area contributed by atoms with E-state index in [0.717, 1.165) is 16.4 Å². The number of carbonyl (C=O) groups is 2. The topological polar surface area (TPSA) is 105 Å². The van der Waals surface area contributed by atoms with Gasteiger partial charge in [0.05, 0.1) is 5.52 Å². The number of fused-ring (bicyclic) bond motifs is 1. The molecule has 3 heterocycles. The van der Waals surface area contributed by atoms with Gasteiger partial charge < -0.3 is 15.6 Å². The Kier molecular flexibility index (Phi) is 4.10. The Balaban J connectivity index is 1.66. The molecule has 22 heavy (non-hydrogen) atoms. The molecule has 0 aliphatic carbocycles. The van der Waals surface area contributed by atoms with Crippen molar-refractivity contribution in [3.63, 3.8) is 0 Å². The number of primary amides is 1. The average molecular weight is 366 g/mol. The van der Waals surface area contributed by atoms with Crippen molar-refractivity contribution in [3.05, 3.63) is 22.6 Å². The molecule has 2 aromatic heterocycles. The highest BCUT2D eigenvalue weighted by atomic mass is 79.9. The molecule has 1 unspecified atom stereocenters. The SMILES string of the molecule is NC(=O)C1CCCN1C(=O)CCc1nc2ncc(Br)cc2[nH]1. The second kappa shape index (κ2) is 6.04. The van der Waals surface area contributed by atoms with Crippen LogP contribution in [0.15, 0.2) is 16.7 Å². The number of rotatable bonds is 4. The van der Waals surface area contributed by atoms with Crippen LogP contribution in [-0.4, -0.2) is 44.3 Å². The number of aromatic amines is 1. The molecule has 1 fully saturated rings. The van der Waals surface area contributed by atoms with Gasteiger partial charge >= 0.3 is 0 Å². The summed E-state index contributed by atoms with van der Waals surface area (Å²) in [5.41, 5.74) is 6.79. The highest BCUT2D eigenvalue weighted by molar-refractivity contribution is 9.10.